The molecule has 0 saturated heterocycles. The van der Waals surface area contributed by atoms with Gasteiger partial charge in [0.15, 0.2) is 5.82 Å². The summed E-state index contributed by atoms with van der Waals surface area (Å²) < 4.78 is 12.7. The van der Waals surface area contributed by atoms with Crippen LogP contribution >= 0.6 is 0 Å². The Hall–Kier alpha value is -4.66. The summed E-state index contributed by atoms with van der Waals surface area (Å²) in [6.07, 6.45) is 3.26. The number of rotatable bonds is 6. The number of carbonyl (C=O) groups excluding carboxylic acids is 1. The number of amides is 1. The van der Waals surface area contributed by atoms with Gasteiger partial charge in [-0.2, -0.15) is 4.98 Å². The molecule has 0 bridgehead atoms. The number of carbonyl (C=O) groups is 1. The van der Waals surface area contributed by atoms with Gasteiger partial charge in [0.05, 0.1) is 37.2 Å². The molecule has 1 amide bonds. The standard InChI is InChI=1S/C26H24N6O3/c1-16-22(25(33)29-18-9-7-13-27-15-18)23(17-8-6-10-19(14-17)34-2)32-26(28-16)30-24(31-32)20-11-4-5-12-21(20)35-3/h4-15,23H,1-3H3,(H,29,33)(H,28,30,31)/t23-/m1/s1. The van der Waals surface area contributed by atoms with Gasteiger partial charge in [-0.1, -0.05) is 24.3 Å². The van der Waals surface area contributed by atoms with Gasteiger partial charge in [0.1, 0.15) is 17.5 Å². The Kier molecular flexibility index (Phi) is 5.88. The largest absolute Gasteiger partial charge is 0.497 e. The highest BCUT2D eigenvalue weighted by Crippen LogP contribution is 2.38. The van der Waals surface area contributed by atoms with Crippen LogP contribution in [0.5, 0.6) is 11.5 Å². The number of para-hydroxylation sites is 1. The second-order valence-electron chi connectivity index (χ2n) is 7.94. The van der Waals surface area contributed by atoms with Gasteiger partial charge in [0, 0.05) is 11.9 Å². The number of nitrogens with zero attached hydrogens (tertiary/aromatic N) is 4. The maximum atomic E-state index is 13.6. The highest BCUT2D eigenvalue weighted by Gasteiger charge is 2.35. The van der Waals surface area contributed by atoms with Gasteiger partial charge in [0.25, 0.3) is 5.91 Å². The van der Waals surface area contributed by atoms with Crippen LogP contribution < -0.4 is 20.1 Å². The average molecular weight is 469 g/mol. The Morgan fingerprint density at radius 1 is 1.06 bits per heavy atom. The molecule has 2 aromatic heterocycles. The molecule has 35 heavy (non-hydrogen) atoms. The molecule has 1 atom stereocenters. The van der Waals surface area contributed by atoms with Gasteiger partial charge < -0.3 is 20.1 Å². The Labute approximate surface area is 202 Å². The fourth-order valence-electron chi connectivity index (χ4n) is 4.14. The van der Waals surface area contributed by atoms with E-state index in [1.54, 1.807) is 43.4 Å². The molecular formula is C26H24N6O3. The molecule has 4 aromatic rings. The zero-order valence-electron chi connectivity index (χ0n) is 19.5. The van der Waals surface area contributed by atoms with Crippen molar-refractivity contribution in [2.24, 2.45) is 0 Å². The van der Waals surface area contributed by atoms with Crippen molar-refractivity contribution in [3.05, 3.63) is 89.9 Å². The molecule has 1 aliphatic rings. The number of methoxy groups -OCH3 is 2. The topological polar surface area (TPSA) is 103 Å². The minimum Gasteiger partial charge on any atom is -0.497 e. The molecule has 0 fully saturated rings. The van der Waals surface area contributed by atoms with E-state index in [9.17, 15) is 4.79 Å². The number of hydrogen-bond acceptors (Lipinski definition) is 7. The predicted octanol–water partition coefficient (Wildman–Crippen LogP) is 4.28. The smallest absolute Gasteiger partial charge is 0.255 e. The fourth-order valence-corrected chi connectivity index (χ4v) is 4.14. The van der Waals surface area contributed by atoms with Crippen LogP contribution in [-0.2, 0) is 4.79 Å². The minimum atomic E-state index is -0.547. The molecule has 0 aliphatic carbocycles. The summed E-state index contributed by atoms with van der Waals surface area (Å²) in [7, 11) is 3.22. The summed E-state index contributed by atoms with van der Waals surface area (Å²) in [5, 5.41) is 11.0. The van der Waals surface area contributed by atoms with E-state index >= 15 is 0 Å². The number of fused-ring (bicyclic) bond motifs is 1. The van der Waals surface area contributed by atoms with E-state index in [0.717, 1.165) is 11.1 Å². The second-order valence-corrected chi connectivity index (χ2v) is 7.94. The van der Waals surface area contributed by atoms with Gasteiger partial charge >= 0.3 is 0 Å². The first-order valence-corrected chi connectivity index (χ1v) is 11.0. The highest BCUT2D eigenvalue weighted by atomic mass is 16.5. The zero-order chi connectivity index (χ0) is 24.4. The van der Waals surface area contributed by atoms with Gasteiger partial charge in [-0.05, 0) is 48.9 Å². The second kappa shape index (κ2) is 9.30. The van der Waals surface area contributed by atoms with Crippen LogP contribution in [0.4, 0.5) is 11.6 Å². The van der Waals surface area contributed by atoms with Crippen molar-refractivity contribution in [3.63, 3.8) is 0 Å². The molecule has 0 radical (unpaired) electrons. The van der Waals surface area contributed by atoms with Crippen molar-refractivity contribution >= 4 is 17.5 Å². The normalized spacial score (nSPS) is 14.7. The minimum absolute atomic E-state index is 0.268. The number of nitrogens with one attached hydrogen (secondary N) is 2. The third kappa shape index (κ3) is 4.19. The van der Waals surface area contributed by atoms with E-state index in [4.69, 9.17) is 19.6 Å². The van der Waals surface area contributed by atoms with Crippen LogP contribution in [0.15, 0.2) is 84.3 Å². The van der Waals surface area contributed by atoms with Gasteiger partial charge in [-0.25, -0.2) is 4.68 Å². The summed E-state index contributed by atoms with van der Waals surface area (Å²) in [6, 6.07) is 18.2. The SMILES string of the molecule is COc1cccc([C@@H]2C(C(=O)Nc3cccnc3)=C(C)Nc3nc(-c4ccccc4OC)nn32)c1. The number of benzene rings is 2. The van der Waals surface area contributed by atoms with E-state index < -0.39 is 6.04 Å². The Morgan fingerprint density at radius 3 is 2.69 bits per heavy atom. The molecule has 0 spiro atoms. The molecule has 5 rings (SSSR count). The molecule has 9 heteroatoms. The van der Waals surface area contributed by atoms with E-state index in [0.29, 0.717) is 40.2 Å². The fraction of sp³-hybridized carbons (Fsp3) is 0.154. The van der Waals surface area contributed by atoms with Crippen molar-refractivity contribution in [2.45, 2.75) is 13.0 Å². The third-order valence-electron chi connectivity index (χ3n) is 5.77. The van der Waals surface area contributed by atoms with E-state index in [2.05, 4.69) is 15.6 Å². The van der Waals surface area contributed by atoms with Crippen LogP contribution in [0, 0.1) is 0 Å². The van der Waals surface area contributed by atoms with Crippen molar-refractivity contribution in [2.75, 3.05) is 24.9 Å². The van der Waals surface area contributed by atoms with Crippen molar-refractivity contribution in [1.82, 2.24) is 19.7 Å². The lowest BCUT2D eigenvalue weighted by Gasteiger charge is -2.28. The van der Waals surface area contributed by atoms with Crippen molar-refractivity contribution in [1.29, 1.82) is 0 Å². The first-order chi connectivity index (χ1) is 17.1. The number of anilines is 2. The van der Waals surface area contributed by atoms with E-state index in [-0.39, 0.29) is 5.91 Å². The number of hydrogen-bond donors (Lipinski definition) is 2. The molecule has 176 valence electrons. The summed E-state index contributed by atoms with van der Waals surface area (Å²) >= 11 is 0. The van der Waals surface area contributed by atoms with Crippen molar-refractivity contribution in [3.8, 4) is 22.9 Å². The summed E-state index contributed by atoms with van der Waals surface area (Å²) in [4.78, 5) is 22.4. The van der Waals surface area contributed by atoms with E-state index in [1.807, 2.05) is 55.5 Å². The summed E-state index contributed by atoms with van der Waals surface area (Å²) in [5.74, 6) is 2.08. The maximum Gasteiger partial charge on any atom is 0.255 e. The van der Waals surface area contributed by atoms with Crippen LogP contribution in [0.3, 0.4) is 0 Å². The molecule has 1 aliphatic heterocycles. The number of allylic oxidation sites excluding steroid dienone is 1. The highest BCUT2D eigenvalue weighted by molar-refractivity contribution is 6.06. The van der Waals surface area contributed by atoms with Gasteiger partial charge in [0.2, 0.25) is 5.95 Å². The molecule has 2 N–H and O–H groups in total. The van der Waals surface area contributed by atoms with Gasteiger partial charge in [-0.3, -0.25) is 9.78 Å². The number of ether oxygens (including phenoxy) is 2. The quantitative estimate of drug-likeness (QED) is 0.435. The Balaban J connectivity index is 1.63. The van der Waals surface area contributed by atoms with Crippen LogP contribution in [0.1, 0.15) is 18.5 Å². The Bertz CT molecular complexity index is 1410. The molecule has 9 nitrogen and oxygen atoms in total. The van der Waals surface area contributed by atoms with E-state index in [1.165, 1.54) is 0 Å². The monoisotopic (exact) mass is 468 g/mol. The summed E-state index contributed by atoms with van der Waals surface area (Å²) in [5.41, 5.74) is 3.36. The molecule has 0 saturated carbocycles. The lowest BCUT2D eigenvalue weighted by atomic mass is 9.95. The molecule has 2 aromatic carbocycles. The van der Waals surface area contributed by atoms with Gasteiger partial charge in [-0.15, -0.1) is 5.10 Å². The number of pyridine rings is 1. The lowest BCUT2D eigenvalue weighted by Crippen LogP contribution is -2.31. The summed E-state index contributed by atoms with van der Waals surface area (Å²) in [6.45, 7) is 1.85. The first-order valence-electron chi connectivity index (χ1n) is 11.0. The number of aromatic nitrogens is 4. The zero-order valence-corrected chi connectivity index (χ0v) is 19.5. The molecule has 0 unspecified atom stereocenters. The average Bonchev–Trinajstić information content (AvgIpc) is 3.31. The van der Waals surface area contributed by atoms with Crippen LogP contribution in [0.2, 0.25) is 0 Å². The third-order valence-corrected chi connectivity index (χ3v) is 5.77. The van der Waals surface area contributed by atoms with Crippen molar-refractivity contribution < 1.29 is 14.3 Å². The predicted molar refractivity (Wildman–Crippen MR) is 132 cm³/mol. The lowest BCUT2D eigenvalue weighted by molar-refractivity contribution is -0.113. The Morgan fingerprint density at radius 2 is 1.91 bits per heavy atom. The van der Waals surface area contributed by atoms with Crippen LogP contribution in [-0.4, -0.2) is 39.9 Å². The first kappa shape index (κ1) is 22.1. The molecule has 3 heterocycles. The maximum absolute atomic E-state index is 13.6. The molecular weight excluding hydrogens is 444 g/mol. The van der Waals surface area contributed by atoms with Crippen LogP contribution in [0.25, 0.3) is 11.4 Å².